The zero-order chi connectivity index (χ0) is 16.1. The predicted molar refractivity (Wildman–Crippen MR) is 90.7 cm³/mol. The molecule has 0 spiro atoms. The highest BCUT2D eigenvalue weighted by Crippen LogP contribution is 2.18. The highest BCUT2D eigenvalue weighted by Gasteiger charge is 2.14. The molecule has 0 aliphatic carbocycles. The van der Waals surface area contributed by atoms with Gasteiger partial charge in [-0.25, -0.2) is 4.39 Å². The summed E-state index contributed by atoms with van der Waals surface area (Å²) in [6.45, 7) is 2.49. The summed E-state index contributed by atoms with van der Waals surface area (Å²) in [6, 6.07) is 14.1. The van der Waals surface area contributed by atoms with E-state index in [4.69, 9.17) is 0 Å². The van der Waals surface area contributed by atoms with Gasteiger partial charge in [0.1, 0.15) is 5.82 Å². The van der Waals surface area contributed by atoms with E-state index in [1.54, 1.807) is 0 Å². The van der Waals surface area contributed by atoms with Gasteiger partial charge in [0.05, 0.1) is 5.56 Å². The summed E-state index contributed by atoms with van der Waals surface area (Å²) in [5.41, 5.74) is 1.38. The molecule has 1 atom stereocenters. The van der Waals surface area contributed by atoms with Crippen LogP contribution in [0.15, 0.2) is 53.0 Å². The Morgan fingerprint density at radius 3 is 2.64 bits per heavy atom. The number of carbonyl (C=O) groups excluding carboxylic acids is 1. The number of anilines is 1. The number of rotatable bonds is 5. The fourth-order valence-corrected chi connectivity index (χ4v) is 2.49. The van der Waals surface area contributed by atoms with Gasteiger partial charge in [-0.05, 0) is 53.2 Å². The molecule has 5 heteroatoms. The third kappa shape index (κ3) is 4.07. The van der Waals surface area contributed by atoms with Crippen molar-refractivity contribution in [2.75, 3.05) is 18.5 Å². The molecule has 0 unspecified atom stereocenters. The van der Waals surface area contributed by atoms with Crippen LogP contribution < -0.4 is 10.2 Å². The summed E-state index contributed by atoms with van der Waals surface area (Å²) in [5.74, 6) is -0.720. The van der Waals surface area contributed by atoms with Gasteiger partial charge in [0.25, 0.3) is 5.91 Å². The normalized spacial score (nSPS) is 11.8. The van der Waals surface area contributed by atoms with Gasteiger partial charge < -0.3 is 10.2 Å². The van der Waals surface area contributed by atoms with Crippen LogP contribution in [0.5, 0.6) is 0 Å². The number of nitrogens with one attached hydrogen (secondary N) is 1. The van der Waals surface area contributed by atoms with E-state index < -0.39 is 5.82 Å². The molecule has 1 N–H and O–H groups in total. The van der Waals surface area contributed by atoms with Crippen LogP contribution in [0.2, 0.25) is 0 Å². The molecule has 0 saturated carbocycles. The Balaban J connectivity index is 1.97. The average Bonchev–Trinajstić information content (AvgIpc) is 2.54. The van der Waals surface area contributed by atoms with E-state index in [1.807, 2.05) is 44.3 Å². The lowest BCUT2D eigenvalue weighted by Crippen LogP contribution is -2.40. The Hall–Kier alpha value is -1.88. The third-order valence-corrected chi connectivity index (χ3v) is 4.25. The van der Waals surface area contributed by atoms with Crippen molar-refractivity contribution >= 4 is 27.5 Å². The maximum atomic E-state index is 13.2. The molecule has 22 heavy (non-hydrogen) atoms. The van der Waals surface area contributed by atoms with Crippen LogP contribution >= 0.6 is 15.9 Å². The van der Waals surface area contributed by atoms with Crippen LogP contribution in [-0.4, -0.2) is 25.5 Å². The number of amides is 1. The van der Waals surface area contributed by atoms with Crippen molar-refractivity contribution in [1.29, 1.82) is 0 Å². The quantitative estimate of drug-likeness (QED) is 0.873. The summed E-state index contributed by atoms with van der Waals surface area (Å²) in [4.78, 5) is 14.2. The average molecular weight is 365 g/mol. The Labute approximate surface area is 138 Å². The topological polar surface area (TPSA) is 32.3 Å². The van der Waals surface area contributed by atoms with E-state index in [0.29, 0.717) is 16.6 Å². The van der Waals surface area contributed by atoms with E-state index in [-0.39, 0.29) is 11.9 Å². The number of halogens is 2. The molecule has 2 aromatic rings. The van der Waals surface area contributed by atoms with Crippen LogP contribution in [0.1, 0.15) is 17.3 Å². The fraction of sp³-hybridized carbons (Fsp3) is 0.235. The van der Waals surface area contributed by atoms with Gasteiger partial charge in [0.2, 0.25) is 0 Å². The number of para-hydroxylation sites is 1. The minimum absolute atomic E-state index is 0.110. The highest BCUT2D eigenvalue weighted by atomic mass is 79.9. The molecule has 0 aliphatic rings. The Morgan fingerprint density at radius 1 is 1.27 bits per heavy atom. The molecule has 0 bridgehead atoms. The number of nitrogens with zero attached hydrogens (tertiary/aromatic N) is 1. The summed E-state index contributed by atoms with van der Waals surface area (Å²) in [6.07, 6.45) is 0. The first-order chi connectivity index (χ1) is 10.5. The zero-order valence-corrected chi connectivity index (χ0v) is 14.1. The van der Waals surface area contributed by atoms with Crippen LogP contribution in [0, 0.1) is 5.82 Å². The first kappa shape index (κ1) is 16.5. The van der Waals surface area contributed by atoms with Crippen LogP contribution in [0.3, 0.4) is 0 Å². The SMILES string of the molecule is C[C@@H](CNC(=O)c1cc(F)ccc1Br)N(C)c1ccccc1. The largest absolute Gasteiger partial charge is 0.370 e. The molecule has 0 fully saturated rings. The van der Waals surface area contributed by atoms with E-state index >= 15 is 0 Å². The number of carbonyl (C=O) groups is 1. The van der Waals surface area contributed by atoms with E-state index in [2.05, 4.69) is 26.1 Å². The second-order valence-electron chi connectivity index (χ2n) is 5.13. The van der Waals surface area contributed by atoms with Gasteiger partial charge >= 0.3 is 0 Å². The third-order valence-electron chi connectivity index (χ3n) is 3.56. The fourth-order valence-electron chi connectivity index (χ4n) is 2.06. The number of likely N-dealkylation sites (N-methyl/N-ethyl adjacent to an activating group) is 1. The lowest BCUT2D eigenvalue weighted by molar-refractivity contribution is 0.0950. The molecule has 0 heterocycles. The van der Waals surface area contributed by atoms with Crippen LogP contribution in [0.4, 0.5) is 10.1 Å². The molecule has 1 amide bonds. The standard InChI is InChI=1S/C17H18BrFN2O/c1-12(21(2)14-6-4-3-5-7-14)11-20-17(22)15-10-13(19)8-9-16(15)18/h3-10,12H,11H2,1-2H3,(H,20,22)/t12-/m0/s1. The minimum atomic E-state index is -0.428. The molecule has 0 aliphatic heterocycles. The van der Waals surface area contributed by atoms with Crippen molar-refractivity contribution in [1.82, 2.24) is 5.32 Å². The molecular formula is C17H18BrFN2O. The number of hydrogen-bond acceptors (Lipinski definition) is 2. The molecule has 0 radical (unpaired) electrons. The second kappa shape index (κ2) is 7.40. The summed E-state index contributed by atoms with van der Waals surface area (Å²) < 4.78 is 13.8. The molecular weight excluding hydrogens is 347 g/mol. The highest BCUT2D eigenvalue weighted by molar-refractivity contribution is 9.10. The first-order valence-electron chi connectivity index (χ1n) is 7.00. The van der Waals surface area contributed by atoms with Crippen molar-refractivity contribution in [2.45, 2.75) is 13.0 Å². The second-order valence-corrected chi connectivity index (χ2v) is 5.98. The summed E-state index contributed by atoms with van der Waals surface area (Å²) in [5, 5.41) is 2.84. The van der Waals surface area contributed by atoms with Gasteiger partial charge in [-0.3, -0.25) is 4.79 Å². The van der Waals surface area contributed by atoms with Gasteiger partial charge in [0.15, 0.2) is 0 Å². The summed E-state index contributed by atoms with van der Waals surface area (Å²) in [7, 11) is 1.98. The molecule has 116 valence electrons. The van der Waals surface area contributed by atoms with Crippen LogP contribution in [-0.2, 0) is 0 Å². The van der Waals surface area contributed by atoms with Gasteiger partial charge in [-0.15, -0.1) is 0 Å². The Bertz CT molecular complexity index is 648. The monoisotopic (exact) mass is 364 g/mol. The van der Waals surface area contributed by atoms with Crippen molar-refractivity contribution < 1.29 is 9.18 Å². The molecule has 0 saturated heterocycles. The molecule has 0 aromatic heterocycles. The van der Waals surface area contributed by atoms with E-state index in [0.717, 1.165) is 5.69 Å². The van der Waals surface area contributed by atoms with Gasteiger partial charge in [-0.2, -0.15) is 0 Å². The minimum Gasteiger partial charge on any atom is -0.370 e. The van der Waals surface area contributed by atoms with Crippen LogP contribution in [0.25, 0.3) is 0 Å². The molecule has 3 nitrogen and oxygen atoms in total. The molecule has 2 rings (SSSR count). The van der Waals surface area contributed by atoms with Crippen molar-refractivity contribution in [2.24, 2.45) is 0 Å². The lowest BCUT2D eigenvalue weighted by atomic mass is 10.2. The predicted octanol–water partition coefficient (Wildman–Crippen LogP) is 3.84. The van der Waals surface area contributed by atoms with Crippen molar-refractivity contribution in [3.8, 4) is 0 Å². The molecule has 2 aromatic carbocycles. The first-order valence-corrected chi connectivity index (χ1v) is 7.79. The maximum absolute atomic E-state index is 13.2. The number of hydrogen-bond donors (Lipinski definition) is 1. The van der Waals surface area contributed by atoms with Gasteiger partial charge in [-0.1, -0.05) is 18.2 Å². The Kier molecular flexibility index (Phi) is 5.55. The smallest absolute Gasteiger partial charge is 0.252 e. The maximum Gasteiger partial charge on any atom is 0.252 e. The van der Waals surface area contributed by atoms with Gasteiger partial charge in [0, 0.05) is 29.8 Å². The van der Waals surface area contributed by atoms with E-state index in [1.165, 1.54) is 18.2 Å². The lowest BCUT2D eigenvalue weighted by Gasteiger charge is -2.27. The van der Waals surface area contributed by atoms with Crippen molar-refractivity contribution in [3.63, 3.8) is 0 Å². The number of benzene rings is 2. The zero-order valence-electron chi connectivity index (χ0n) is 12.5. The van der Waals surface area contributed by atoms with Crippen molar-refractivity contribution in [3.05, 3.63) is 64.4 Å². The summed E-state index contributed by atoms with van der Waals surface area (Å²) >= 11 is 3.27. The Morgan fingerprint density at radius 2 is 1.95 bits per heavy atom. The van der Waals surface area contributed by atoms with E-state index in [9.17, 15) is 9.18 Å².